The molecule has 0 bridgehead atoms. The fourth-order valence-electron chi connectivity index (χ4n) is 6.33. The molecule has 1 aliphatic rings. The molecule has 6 aromatic carbocycles. The van der Waals surface area contributed by atoms with Crippen LogP contribution in [0.15, 0.2) is 133 Å². The van der Waals surface area contributed by atoms with Gasteiger partial charge in [0, 0.05) is 19.1 Å². The summed E-state index contributed by atoms with van der Waals surface area (Å²) < 4.78 is 0. The SMILES string of the molecule is N[C@H](c1ccccc1)[C@@H](c1ccccc1)N1Cc2ccc3ccccc3c2-c2c(ccc3ccccc23)C1. The van der Waals surface area contributed by atoms with Gasteiger partial charge in [-0.15, -0.1) is 0 Å². The van der Waals surface area contributed by atoms with E-state index in [1.165, 1.54) is 49.4 Å². The molecule has 2 atom stereocenters. The summed E-state index contributed by atoms with van der Waals surface area (Å²) in [5.74, 6) is 0. The largest absolute Gasteiger partial charge is 0.322 e. The Labute approximate surface area is 224 Å². The third kappa shape index (κ3) is 3.90. The van der Waals surface area contributed by atoms with Gasteiger partial charge >= 0.3 is 0 Å². The van der Waals surface area contributed by atoms with E-state index in [2.05, 4.69) is 138 Å². The highest BCUT2D eigenvalue weighted by Crippen LogP contribution is 2.45. The zero-order chi connectivity index (χ0) is 25.5. The first kappa shape index (κ1) is 22.9. The van der Waals surface area contributed by atoms with E-state index in [4.69, 9.17) is 5.73 Å². The average Bonchev–Trinajstić information content (AvgIpc) is 3.15. The molecule has 0 aliphatic carbocycles. The number of nitrogens with zero attached hydrogens (tertiary/aromatic N) is 1. The lowest BCUT2D eigenvalue weighted by molar-refractivity contribution is 0.155. The molecule has 0 amide bonds. The molecule has 0 radical (unpaired) electrons. The van der Waals surface area contributed by atoms with E-state index in [0.29, 0.717) is 0 Å². The van der Waals surface area contributed by atoms with Crippen molar-refractivity contribution in [2.75, 3.05) is 0 Å². The van der Waals surface area contributed by atoms with Crippen LogP contribution in [-0.2, 0) is 13.1 Å². The summed E-state index contributed by atoms with van der Waals surface area (Å²) in [5.41, 5.74) is 14.9. The molecule has 2 heteroatoms. The first-order valence-corrected chi connectivity index (χ1v) is 13.4. The molecule has 38 heavy (non-hydrogen) atoms. The van der Waals surface area contributed by atoms with Gasteiger partial charge in [0.15, 0.2) is 0 Å². The molecule has 0 spiro atoms. The van der Waals surface area contributed by atoms with Gasteiger partial charge in [-0.3, -0.25) is 4.90 Å². The Balaban J connectivity index is 1.48. The van der Waals surface area contributed by atoms with Gasteiger partial charge in [-0.2, -0.15) is 0 Å². The highest BCUT2D eigenvalue weighted by molar-refractivity contribution is 6.08. The lowest BCUT2D eigenvalue weighted by atomic mass is 9.88. The Morgan fingerprint density at radius 3 is 1.45 bits per heavy atom. The molecule has 0 fully saturated rings. The Morgan fingerprint density at radius 1 is 0.474 bits per heavy atom. The Hall–Kier alpha value is -4.24. The first-order valence-electron chi connectivity index (χ1n) is 13.4. The molecule has 0 saturated heterocycles. The molecule has 2 N–H and O–H groups in total. The van der Waals surface area contributed by atoms with Crippen molar-refractivity contribution >= 4 is 21.5 Å². The van der Waals surface area contributed by atoms with Gasteiger partial charge in [-0.25, -0.2) is 0 Å². The van der Waals surface area contributed by atoms with Crippen molar-refractivity contribution < 1.29 is 0 Å². The van der Waals surface area contributed by atoms with E-state index >= 15 is 0 Å². The molecule has 184 valence electrons. The van der Waals surface area contributed by atoms with Gasteiger partial charge in [0.05, 0.1) is 6.04 Å². The minimum absolute atomic E-state index is 0.0235. The smallest absolute Gasteiger partial charge is 0.0548 e. The summed E-state index contributed by atoms with van der Waals surface area (Å²) in [6, 6.07) is 48.0. The highest BCUT2D eigenvalue weighted by Gasteiger charge is 2.32. The van der Waals surface area contributed by atoms with E-state index in [1.807, 2.05) is 0 Å². The molecule has 6 aromatic rings. The van der Waals surface area contributed by atoms with Crippen molar-refractivity contribution in [2.45, 2.75) is 25.2 Å². The molecule has 0 unspecified atom stereocenters. The van der Waals surface area contributed by atoms with Crippen LogP contribution in [0.3, 0.4) is 0 Å². The number of hydrogen-bond acceptors (Lipinski definition) is 2. The van der Waals surface area contributed by atoms with Crippen LogP contribution in [0.1, 0.15) is 34.3 Å². The van der Waals surface area contributed by atoms with Crippen LogP contribution < -0.4 is 5.73 Å². The minimum atomic E-state index is -0.162. The van der Waals surface area contributed by atoms with Crippen LogP contribution in [-0.4, -0.2) is 4.90 Å². The summed E-state index contributed by atoms with van der Waals surface area (Å²) in [7, 11) is 0. The van der Waals surface area contributed by atoms with Crippen LogP contribution >= 0.6 is 0 Å². The topological polar surface area (TPSA) is 29.3 Å². The van der Waals surface area contributed by atoms with Gasteiger partial charge in [0.2, 0.25) is 0 Å². The molecule has 1 aliphatic heterocycles. The summed E-state index contributed by atoms with van der Waals surface area (Å²) >= 11 is 0. The molecular formula is C36H30N2. The molecule has 0 aromatic heterocycles. The van der Waals surface area contributed by atoms with Crippen LogP contribution in [0.5, 0.6) is 0 Å². The number of nitrogens with two attached hydrogens (primary N) is 1. The van der Waals surface area contributed by atoms with Gasteiger partial charge in [0.25, 0.3) is 0 Å². The highest BCUT2D eigenvalue weighted by atomic mass is 15.2. The predicted molar refractivity (Wildman–Crippen MR) is 159 cm³/mol. The van der Waals surface area contributed by atoms with Gasteiger partial charge in [-0.05, 0) is 54.9 Å². The average molecular weight is 491 g/mol. The Bertz CT molecular complexity index is 1650. The summed E-state index contributed by atoms with van der Waals surface area (Å²) in [6.45, 7) is 1.65. The number of rotatable bonds is 4. The Kier molecular flexibility index (Phi) is 5.77. The van der Waals surface area contributed by atoms with E-state index in [-0.39, 0.29) is 12.1 Å². The third-order valence-corrected chi connectivity index (χ3v) is 8.09. The van der Waals surface area contributed by atoms with Crippen molar-refractivity contribution in [3.63, 3.8) is 0 Å². The molecule has 7 rings (SSSR count). The quantitative estimate of drug-likeness (QED) is 0.269. The van der Waals surface area contributed by atoms with Crippen LogP contribution in [0.25, 0.3) is 32.7 Å². The standard InChI is InChI=1S/C36H30N2/c37-35(27-13-3-1-4-14-27)36(28-15-5-2-6-16-28)38-23-29-21-19-25-11-7-9-17-31(25)33(29)34-30(24-38)22-20-26-12-8-10-18-32(26)34/h1-22,35-36H,23-24,37H2/t35-,36-/m1/s1. The predicted octanol–water partition coefficient (Wildman–Crippen LogP) is 8.42. The molecular weight excluding hydrogens is 460 g/mol. The second-order valence-electron chi connectivity index (χ2n) is 10.3. The lowest BCUT2D eigenvalue weighted by Gasteiger charge is -2.36. The summed E-state index contributed by atoms with van der Waals surface area (Å²) in [6.07, 6.45) is 0. The van der Waals surface area contributed by atoms with Crippen LogP contribution in [0.2, 0.25) is 0 Å². The van der Waals surface area contributed by atoms with Crippen molar-refractivity contribution in [1.29, 1.82) is 0 Å². The molecule has 1 heterocycles. The fourth-order valence-corrected chi connectivity index (χ4v) is 6.33. The van der Waals surface area contributed by atoms with E-state index < -0.39 is 0 Å². The van der Waals surface area contributed by atoms with Crippen molar-refractivity contribution in [2.24, 2.45) is 5.73 Å². The molecule has 2 nitrogen and oxygen atoms in total. The van der Waals surface area contributed by atoms with Crippen molar-refractivity contribution in [3.05, 3.63) is 156 Å². The molecule has 0 saturated carbocycles. The first-order chi connectivity index (χ1) is 18.8. The lowest BCUT2D eigenvalue weighted by Crippen LogP contribution is -2.35. The number of benzene rings is 6. The second-order valence-corrected chi connectivity index (χ2v) is 10.3. The minimum Gasteiger partial charge on any atom is -0.322 e. The normalized spacial score (nSPS) is 15.0. The number of fused-ring (bicyclic) bond motifs is 7. The monoisotopic (exact) mass is 490 g/mol. The van der Waals surface area contributed by atoms with Crippen molar-refractivity contribution in [1.82, 2.24) is 4.90 Å². The van der Waals surface area contributed by atoms with Gasteiger partial charge in [-0.1, -0.05) is 133 Å². The maximum absolute atomic E-state index is 7.13. The van der Waals surface area contributed by atoms with E-state index in [0.717, 1.165) is 18.7 Å². The fraction of sp³-hybridized carbons (Fsp3) is 0.111. The van der Waals surface area contributed by atoms with Crippen molar-refractivity contribution in [3.8, 4) is 11.1 Å². The van der Waals surface area contributed by atoms with Gasteiger partial charge < -0.3 is 5.73 Å². The van der Waals surface area contributed by atoms with Crippen LogP contribution in [0, 0.1) is 0 Å². The van der Waals surface area contributed by atoms with E-state index in [9.17, 15) is 0 Å². The Morgan fingerprint density at radius 2 is 0.921 bits per heavy atom. The van der Waals surface area contributed by atoms with Gasteiger partial charge in [0.1, 0.15) is 0 Å². The number of hydrogen-bond donors (Lipinski definition) is 1. The van der Waals surface area contributed by atoms with E-state index in [1.54, 1.807) is 0 Å². The zero-order valence-corrected chi connectivity index (χ0v) is 21.3. The maximum atomic E-state index is 7.13. The maximum Gasteiger partial charge on any atom is 0.0548 e. The second kappa shape index (κ2) is 9.57. The summed E-state index contributed by atoms with van der Waals surface area (Å²) in [4.78, 5) is 2.58. The summed E-state index contributed by atoms with van der Waals surface area (Å²) in [5, 5.41) is 5.18. The zero-order valence-electron chi connectivity index (χ0n) is 21.3. The van der Waals surface area contributed by atoms with Crippen LogP contribution in [0.4, 0.5) is 0 Å². The third-order valence-electron chi connectivity index (χ3n) is 8.09.